The Bertz CT molecular complexity index is 857. The van der Waals surface area contributed by atoms with E-state index in [1.165, 1.54) is 37.5 Å². The molecule has 2 rings (SSSR count). The van der Waals surface area contributed by atoms with Gasteiger partial charge in [0, 0.05) is 10.6 Å². The maximum absolute atomic E-state index is 12.3. The highest BCUT2D eigenvalue weighted by molar-refractivity contribution is 6.36. The van der Waals surface area contributed by atoms with Crippen molar-refractivity contribution in [3.63, 3.8) is 0 Å². The number of nitriles is 1. The van der Waals surface area contributed by atoms with Crippen molar-refractivity contribution >= 4 is 40.9 Å². The van der Waals surface area contributed by atoms with Crippen molar-refractivity contribution < 1.29 is 14.6 Å². The number of nitrogens with one attached hydrogen (secondary N) is 1. The van der Waals surface area contributed by atoms with Gasteiger partial charge in [0.25, 0.3) is 5.91 Å². The van der Waals surface area contributed by atoms with Crippen LogP contribution in [0.4, 0.5) is 5.69 Å². The molecule has 0 fully saturated rings. The summed E-state index contributed by atoms with van der Waals surface area (Å²) in [6.07, 6.45) is 1.26. The molecule has 0 heterocycles. The summed E-state index contributed by atoms with van der Waals surface area (Å²) in [7, 11) is 1.47. The standard InChI is InChI=1S/C17H12Cl2N2O3/c1-24-13-3-5-16(22)10(7-13)6-11(9-20)17(23)21-15-8-12(18)2-4-14(15)19/h2-8,22H,1H3,(H,21,23)/b11-6-. The van der Waals surface area contributed by atoms with Crippen LogP contribution in [0.1, 0.15) is 5.56 Å². The van der Waals surface area contributed by atoms with E-state index in [4.69, 9.17) is 27.9 Å². The topological polar surface area (TPSA) is 82.3 Å². The SMILES string of the molecule is COc1ccc(O)c(/C=C(/C#N)C(=O)Nc2cc(Cl)ccc2Cl)c1. The predicted octanol–water partition coefficient (Wildman–Crippen LogP) is 4.25. The number of amides is 1. The molecule has 0 spiro atoms. The number of hydrogen-bond acceptors (Lipinski definition) is 4. The lowest BCUT2D eigenvalue weighted by atomic mass is 10.1. The summed E-state index contributed by atoms with van der Waals surface area (Å²) in [5.41, 5.74) is 0.345. The number of halogens is 2. The molecule has 2 aromatic rings. The van der Waals surface area contributed by atoms with E-state index in [-0.39, 0.29) is 27.6 Å². The minimum atomic E-state index is -0.677. The second-order valence-electron chi connectivity index (χ2n) is 4.67. The Hall–Kier alpha value is -2.68. The van der Waals surface area contributed by atoms with Crippen molar-refractivity contribution in [1.82, 2.24) is 0 Å². The van der Waals surface area contributed by atoms with Crippen LogP contribution in [0.3, 0.4) is 0 Å². The number of nitrogens with zero attached hydrogens (tertiary/aromatic N) is 1. The Balaban J connectivity index is 2.32. The van der Waals surface area contributed by atoms with Gasteiger partial charge in [-0.1, -0.05) is 23.2 Å². The van der Waals surface area contributed by atoms with Crippen molar-refractivity contribution in [1.29, 1.82) is 5.26 Å². The molecule has 0 aliphatic heterocycles. The van der Waals surface area contributed by atoms with E-state index in [0.29, 0.717) is 10.8 Å². The molecule has 0 aliphatic rings. The molecule has 2 N–H and O–H groups in total. The normalized spacial score (nSPS) is 10.8. The van der Waals surface area contributed by atoms with Crippen LogP contribution >= 0.6 is 23.2 Å². The third kappa shape index (κ3) is 4.19. The van der Waals surface area contributed by atoms with Gasteiger partial charge in [0.1, 0.15) is 23.1 Å². The van der Waals surface area contributed by atoms with Gasteiger partial charge in [-0.15, -0.1) is 0 Å². The molecule has 5 nitrogen and oxygen atoms in total. The highest BCUT2D eigenvalue weighted by atomic mass is 35.5. The van der Waals surface area contributed by atoms with E-state index in [9.17, 15) is 15.2 Å². The van der Waals surface area contributed by atoms with Crippen LogP contribution in [0.5, 0.6) is 11.5 Å². The molecule has 1 amide bonds. The Morgan fingerprint density at radius 2 is 2.04 bits per heavy atom. The molecule has 0 unspecified atom stereocenters. The van der Waals surface area contributed by atoms with Gasteiger partial charge in [-0.05, 0) is 42.5 Å². The minimum absolute atomic E-state index is 0.0860. The average Bonchev–Trinajstić information content (AvgIpc) is 2.57. The molecular formula is C17H12Cl2N2O3. The molecule has 122 valence electrons. The molecule has 0 atom stereocenters. The van der Waals surface area contributed by atoms with Crippen LogP contribution in [0.15, 0.2) is 42.0 Å². The number of benzene rings is 2. The second kappa shape index (κ2) is 7.73. The largest absolute Gasteiger partial charge is 0.507 e. The third-order valence-electron chi connectivity index (χ3n) is 3.08. The summed E-state index contributed by atoms with van der Waals surface area (Å²) >= 11 is 11.8. The Labute approximate surface area is 148 Å². The van der Waals surface area contributed by atoms with E-state index < -0.39 is 5.91 Å². The summed E-state index contributed by atoms with van der Waals surface area (Å²) in [6, 6.07) is 10.8. The van der Waals surface area contributed by atoms with Gasteiger partial charge in [0.15, 0.2) is 0 Å². The lowest BCUT2D eigenvalue weighted by Crippen LogP contribution is -2.13. The third-order valence-corrected chi connectivity index (χ3v) is 3.64. The molecule has 0 bridgehead atoms. The molecule has 2 aromatic carbocycles. The molecule has 7 heteroatoms. The first kappa shape index (κ1) is 17.7. The molecule has 0 saturated carbocycles. The number of anilines is 1. The quantitative estimate of drug-likeness (QED) is 0.628. The van der Waals surface area contributed by atoms with Gasteiger partial charge in [-0.25, -0.2) is 0 Å². The van der Waals surface area contributed by atoms with Crippen LogP contribution in [-0.4, -0.2) is 18.1 Å². The summed E-state index contributed by atoms with van der Waals surface area (Å²) < 4.78 is 5.05. The summed E-state index contributed by atoms with van der Waals surface area (Å²) in [5, 5.41) is 22.3. The molecular weight excluding hydrogens is 351 g/mol. The zero-order chi connectivity index (χ0) is 17.7. The highest BCUT2D eigenvalue weighted by Gasteiger charge is 2.13. The lowest BCUT2D eigenvalue weighted by molar-refractivity contribution is -0.112. The van der Waals surface area contributed by atoms with E-state index in [0.717, 1.165) is 0 Å². The van der Waals surface area contributed by atoms with Gasteiger partial charge in [-0.2, -0.15) is 5.26 Å². The first-order chi connectivity index (χ1) is 11.4. The van der Waals surface area contributed by atoms with Crippen molar-refractivity contribution in [3.05, 3.63) is 57.6 Å². The van der Waals surface area contributed by atoms with Crippen LogP contribution in [0.2, 0.25) is 10.0 Å². The highest BCUT2D eigenvalue weighted by Crippen LogP contribution is 2.27. The van der Waals surface area contributed by atoms with E-state index in [1.807, 2.05) is 0 Å². The van der Waals surface area contributed by atoms with Crippen LogP contribution in [-0.2, 0) is 4.79 Å². The first-order valence-electron chi connectivity index (χ1n) is 6.70. The number of ether oxygens (including phenoxy) is 1. The second-order valence-corrected chi connectivity index (χ2v) is 5.52. The smallest absolute Gasteiger partial charge is 0.266 e. The van der Waals surface area contributed by atoms with Crippen LogP contribution in [0, 0.1) is 11.3 Å². The predicted molar refractivity (Wildman–Crippen MR) is 93.3 cm³/mol. The van der Waals surface area contributed by atoms with Gasteiger partial charge >= 0.3 is 0 Å². The number of phenols is 1. The van der Waals surface area contributed by atoms with Crippen molar-refractivity contribution in [2.45, 2.75) is 0 Å². The molecule has 24 heavy (non-hydrogen) atoms. The molecule has 0 aliphatic carbocycles. The Morgan fingerprint density at radius 3 is 2.71 bits per heavy atom. The van der Waals surface area contributed by atoms with Gasteiger partial charge < -0.3 is 15.2 Å². The molecule has 0 saturated heterocycles. The fraction of sp³-hybridized carbons (Fsp3) is 0.0588. The van der Waals surface area contributed by atoms with E-state index in [1.54, 1.807) is 18.2 Å². The van der Waals surface area contributed by atoms with Crippen LogP contribution in [0.25, 0.3) is 6.08 Å². The summed E-state index contributed by atoms with van der Waals surface area (Å²) in [5.74, 6) is -0.282. The lowest BCUT2D eigenvalue weighted by Gasteiger charge is -2.08. The van der Waals surface area contributed by atoms with Crippen molar-refractivity contribution in [2.24, 2.45) is 0 Å². The number of rotatable bonds is 4. The zero-order valence-electron chi connectivity index (χ0n) is 12.5. The van der Waals surface area contributed by atoms with E-state index in [2.05, 4.69) is 5.32 Å². The van der Waals surface area contributed by atoms with E-state index >= 15 is 0 Å². The fourth-order valence-corrected chi connectivity index (χ4v) is 2.20. The number of carbonyl (C=O) groups excluding carboxylic acids is 1. The number of methoxy groups -OCH3 is 1. The molecule has 0 aromatic heterocycles. The maximum atomic E-state index is 12.3. The van der Waals surface area contributed by atoms with Gasteiger partial charge in [0.05, 0.1) is 17.8 Å². The number of aromatic hydroxyl groups is 1. The van der Waals surface area contributed by atoms with Crippen LogP contribution < -0.4 is 10.1 Å². The average molecular weight is 363 g/mol. The van der Waals surface area contributed by atoms with Crippen molar-refractivity contribution in [3.8, 4) is 17.6 Å². The Morgan fingerprint density at radius 1 is 1.29 bits per heavy atom. The fourth-order valence-electron chi connectivity index (χ4n) is 1.86. The molecule has 0 radical (unpaired) electrons. The van der Waals surface area contributed by atoms with Gasteiger partial charge in [-0.3, -0.25) is 4.79 Å². The van der Waals surface area contributed by atoms with Crippen molar-refractivity contribution in [2.75, 3.05) is 12.4 Å². The summed E-state index contributed by atoms with van der Waals surface area (Å²) in [6.45, 7) is 0. The van der Waals surface area contributed by atoms with Gasteiger partial charge in [0.2, 0.25) is 0 Å². The zero-order valence-corrected chi connectivity index (χ0v) is 14.0. The maximum Gasteiger partial charge on any atom is 0.266 e. The summed E-state index contributed by atoms with van der Waals surface area (Å²) in [4.78, 5) is 12.3. The number of carbonyl (C=O) groups is 1. The monoisotopic (exact) mass is 362 g/mol. The Kier molecular flexibility index (Phi) is 5.69. The minimum Gasteiger partial charge on any atom is -0.507 e. The number of phenolic OH excluding ortho intramolecular Hbond substituents is 1. The first-order valence-corrected chi connectivity index (χ1v) is 7.45. The number of hydrogen-bond donors (Lipinski definition) is 2.